The van der Waals surface area contributed by atoms with Crippen molar-refractivity contribution < 1.29 is 0 Å². The Labute approximate surface area is 94.4 Å². The van der Waals surface area contributed by atoms with Crippen molar-refractivity contribution in [1.29, 1.82) is 0 Å². The molecule has 2 heteroatoms. The van der Waals surface area contributed by atoms with Gasteiger partial charge in [0.05, 0.1) is 6.54 Å². The molecule has 1 aliphatic rings. The number of hydrogen-bond donors (Lipinski definition) is 1. The molecule has 0 spiro atoms. The standard InChI is InChI=1S/C13H24N2/c1-5-8-15-9-6-12(7-10-15)11-14-13(2,3)4/h1,12,14H,6-11H2,2-4H3. The Bertz CT molecular complexity index is 214. The molecule has 15 heavy (non-hydrogen) atoms. The van der Waals surface area contributed by atoms with Crippen LogP contribution in [0.25, 0.3) is 0 Å². The minimum absolute atomic E-state index is 0.246. The molecule has 1 rings (SSSR count). The molecule has 0 radical (unpaired) electrons. The molecule has 0 aromatic heterocycles. The van der Waals surface area contributed by atoms with Crippen molar-refractivity contribution in [3.63, 3.8) is 0 Å². The molecule has 1 aliphatic heterocycles. The van der Waals surface area contributed by atoms with Gasteiger partial charge in [-0.25, -0.2) is 0 Å². The molecule has 0 bridgehead atoms. The van der Waals surface area contributed by atoms with Crippen LogP contribution in [0.5, 0.6) is 0 Å². The van der Waals surface area contributed by atoms with Gasteiger partial charge in [0.2, 0.25) is 0 Å². The van der Waals surface area contributed by atoms with E-state index in [9.17, 15) is 0 Å². The van der Waals surface area contributed by atoms with E-state index in [1.807, 2.05) is 0 Å². The predicted molar refractivity (Wildman–Crippen MR) is 65.8 cm³/mol. The first-order valence-corrected chi connectivity index (χ1v) is 5.92. The highest BCUT2D eigenvalue weighted by Crippen LogP contribution is 2.16. The third-order valence-corrected chi connectivity index (χ3v) is 2.94. The Hall–Kier alpha value is -0.520. The highest BCUT2D eigenvalue weighted by molar-refractivity contribution is 4.90. The van der Waals surface area contributed by atoms with Crippen LogP contribution in [0.15, 0.2) is 0 Å². The molecule has 0 atom stereocenters. The van der Waals surface area contributed by atoms with Gasteiger partial charge in [-0.1, -0.05) is 5.92 Å². The first kappa shape index (κ1) is 12.5. The van der Waals surface area contributed by atoms with E-state index in [1.165, 1.54) is 25.9 Å². The summed E-state index contributed by atoms with van der Waals surface area (Å²) >= 11 is 0. The maximum Gasteiger partial charge on any atom is 0.0598 e. The van der Waals surface area contributed by atoms with Crippen LogP contribution in [0.2, 0.25) is 0 Å². The van der Waals surface area contributed by atoms with Gasteiger partial charge in [-0.05, 0) is 59.2 Å². The average molecular weight is 208 g/mol. The Kier molecular flexibility index (Phi) is 4.63. The lowest BCUT2D eigenvalue weighted by atomic mass is 9.95. The third-order valence-electron chi connectivity index (χ3n) is 2.94. The quantitative estimate of drug-likeness (QED) is 0.711. The van der Waals surface area contributed by atoms with E-state index in [0.29, 0.717) is 0 Å². The molecule has 2 nitrogen and oxygen atoms in total. The van der Waals surface area contributed by atoms with Crippen LogP contribution in [-0.4, -0.2) is 36.6 Å². The fourth-order valence-electron chi connectivity index (χ4n) is 1.93. The maximum atomic E-state index is 5.31. The van der Waals surface area contributed by atoms with Crippen molar-refractivity contribution in [3.05, 3.63) is 0 Å². The summed E-state index contributed by atoms with van der Waals surface area (Å²) in [6.07, 6.45) is 7.87. The van der Waals surface area contributed by atoms with Crippen LogP contribution in [0.1, 0.15) is 33.6 Å². The van der Waals surface area contributed by atoms with Gasteiger partial charge in [0.15, 0.2) is 0 Å². The van der Waals surface area contributed by atoms with Crippen molar-refractivity contribution in [2.24, 2.45) is 5.92 Å². The maximum absolute atomic E-state index is 5.31. The van der Waals surface area contributed by atoms with Gasteiger partial charge < -0.3 is 5.32 Å². The lowest BCUT2D eigenvalue weighted by Gasteiger charge is -2.32. The van der Waals surface area contributed by atoms with Crippen molar-refractivity contribution in [2.75, 3.05) is 26.2 Å². The summed E-state index contributed by atoms with van der Waals surface area (Å²) in [7, 11) is 0. The normalized spacial score (nSPS) is 20.1. The number of nitrogens with zero attached hydrogens (tertiary/aromatic N) is 1. The number of terminal acetylenes is 1. The molecule has 1 saturated heterocycles. The largest absolute Gasteiger partial charge is 0.312 e. The Morgan fingerprint density at radius 1 is 1.33 bits per heavy atom. The highest BCUT2D eigenvalue weighted by atomic mass is 15.1. The summed E-state index contributed by atoms with van der Waals surface area (Å²) < 4.78 is 0. The Morgan fingerprint density at radius 2 is 1.93 bits per heavy atom. The molecule has 0 unspecified atom stereocenters. The van der Waals surface area contributed by atoms with Crippen LogP contribution in [0.4, 0.5) is 0 Å². The summed E-state index contributed by atoms with van der Waals surface area (Å²) in [5.74, 6) is 3.55. The molecule has 0 saturated carbocycles. The van der Waals surface area contributed by atoms with Gasteiger partial charge in [0.1, 0.15) is 0 Å². The molecule has 1 heterocycles. The molecular weight excluding hydrogens is 184 g/mol. The van der Waals surface area contributed by atoms with Crippen molar-refractivity contribution in [2.45, 2.75) is 39.2 Å². The van der Waals surface area contributed by atoms with E-state index in [1.54, 1.807) is 0 Å². The number of piperidine rings is 1. The van der Waals surface area contributed by atoms with Crippen LogP contribution in [0, 0.1) is 18.3 Å². The number of hydrogen-bond acceptors (Lipinski definition) is 2. The van der Waals surface area contributed by atoms with Gasteiger partial charge in [-0.2, -0.15) is 0 Å². The molecule has 0 aromatic rings. The molecule has 0 aliphatic carbocycles. The SMILES string of the molecule is C#CCN1CCC(CNC(C)(C)C)CC1. The molecule has 1 fully saturated rings. The fourth-order valence-corrected chi connectivity index (χ4v) is 1.93. The van der Waals surface area contributed by atoms with E-state index < -0.39 is 0 Å². The van der Waals surface area contributed by atoms with E-state index >= 15 is 0 Å². The van der Waals surface area contributed by atoms with Crippen LogP contribution >= 0.6 is 0 Å². The second-order valence-corrected chi connectivity index (χ2v) is 5.55. The number of likely N-dealkylation sites (tertiary alicyclic amines) is 1. The van der Waals surface area contributed by atoms with Gasteiger partial charge in [0.25, 0.3) is 0 Å². The van der Waals surface area contributed by atoms with Crippen LogP contribution in [0.3, 0.4) is 0 Å². The number of nitrogens with one attached hydrogen (secondary N) is 1. The minimum Gasteiger partial charge on any atom is -0.312 e. The second kappa shape index (κ2) is 5.53. The van der Waals surface area contributed by atoms with E-state index in [0.717, 1.165) is 19.0 Å². The zero-order chi connectivity index (χ0) is 11.3. The highest BCUT2D eigenvalue weighted by Gasteiger charge is 2.19. The second-order valence-electron chi connectivity index (χ2n) is 5.55. The summed E-state index contributed by atoms with van der Waals surface area (Å²) in [4.78, 5) is 2.37. The fraction of sp³-hybridized carbons (Fsp3) is 0.846. The predicted octanol–water partition coefficient (Wildman–Crippen LogP) is 1.72. The summed E-state index contributed by atoms with van der Waals surface area (Å²) in [5.41, 5.74) is 0.246. The van der Waals surface area contributed by atoms with Crippen LogP contribution < -0.4 is 5.32 Å². The summed E-state index contributed by atoms with van der Waals surface area (Å²) in [6.45, 7) is 11.0. The lowest BCUT2D eigenvalue weighted by Crippen LogP contribution is -2.42. The van der Waals surface area contributed by atoms with Crippen LogP contribution in [-0.2, 0) is 0 Å². The molecule has 1 N–H and O–H groups in total. The third kappa shape index (κ3) is 5.20. The molecule has 0 amide bonds. The number of rotatable bonds is 3. The van der Waals surface area contributed by atoms with E-state index in [2.05, 4.69) is 36.9 Å². The van der Waals surface area contributed by atoms with Crippen molar-refractivity contribution in [1.82, 2.24) is 10.2 Å². The monoisotopic (exact) mass is 208 g/mol. The van der Waals surface area contributed by atoms with E-state index in [4.69, 9.17) is 6.42 Å². The lowest BCUT2D eigenvalue weighted by molar-refractivity contribution is 0.193. The Morgan fingerprint density at radius 3 is 2.40 bits per heavy atom. The first-order valence-electron chi connectivity index (χ1n) is 5.92. The van der Waals surface area contributed by atoms with Crippen molar-refractivity contribution in [3.8, 4) is 12.3 Å². The molecular formula is C13H24N2. The smallest absolute Gasteiger partial charge is 0.0598 e. The molecule has 0 aromatic carbocycles. The molecule has 86 valence electrons. The summed E-state index contributed by atoms with van der Waals surface area (Å²) in [6, 6.07) is 0. The topological polar surface area (TPSA) is 15.3 Å². The average Bonchev–Trinajstić information content (AvgIpc) is 2.16. The van der Waals surface area contributed by atoms with Gasteiger partial charge in [0, 0.05) is 5.54 Å². The van der Waals surface area contributed by atoms with E-state index in [-0.39, 0.29) is 5.54 Å². The Balaban J connectivity index is 2.18. The van der Waals surface area contributed by atoms with Gasteiger partial charge in [-0.3, -0.25) is 4.90 Å². The zero-order valence-corrected chi connectivity index (χ0v) is 10.3. The first-order chi connectivity index (χ1) is 7.01. The zero-order valence-electron chi connectivity index (χ0n) is 10.3. The van der Waals surface area contributed by atoms with Gasteiger partial charge >= 0.3 is 0 Å². The minimum atomic E-state index is 0.246. The van der Waals surface area contributed by atoms with Crippen molar-refractivity contribution >= 4 is 0 Å². The van der Waals surface area contributed by atoms with Gasteiger partial charge in [-0.15, -0.1) is 6.42 Å². The summed E-state index contributed by atoms with van der Waals surface area (Å²) in [5, 5.41) is 3.58.